The van der Waals surface area contributed by atoms with Gasteiger partial charge in [0.1, 0.15) is 13.1 Å². The largest absolute Gasteiger partial charge is 0.454 e. The van der Waals surface area contributed by atoms with Crippen LogP contribution in [0.25, 0.3) is 0 Å². The van der Waals surface area contributed by atoms with E-state index in [4.69, 9.17) is 4.74 Å². The monoisotopic (exact) mass is 347 g/mol. The Morgan fingerprint density at radius 3 is 2.28 bits per heavy atom. The van der Waals surface area contributed by atoms with Crippen molar-refractivity contribution in [2.24, 2.45) is 0 Å². The van der Waals surface area contributed by atoms with Crippen molar-refractivity contribution in [3.63, 3.8) is 0 Å². The molecule has 1 fully saturated rings. The van der Waals surface area contributed by atoms with Crippen LogP contribution in [0.15, 0.2) is 12.1 Å². The van der Waals surface area contributed by atoms with E-state index in [1.165, 1.54) is 11.9 Å². The van der Waals surface area contributed by atoms with Crippen LogP contribution in [0, 0.1) is 20.8 Å². The second kappa shape index (κ2) is 7.33. The highest BCUT2D eigenvalue weighted by Gasteiger charge is 2.35. The first-order valence-corrected chi connectivity index (χ1v) is 7.78. The number of rotatable bonds is 5. The van der Waals surface area contributed by atoms with Crippen LogP contribution in [0.5, 0.6) is 0 Å². The quantitative estimate of drug-likeness (QED) is 0.633. The van der Waals surface area contributed by atoms with Gasteiger partial charge in [0.15, 0.2) is 6.61 Å². The summed E-state index contributed by atoms with van der Waals surface area (Å²) in [4.78, 5) is 49.0. The van der Waals surface area contributed by atoms with Crippen molar-refractivity contribution in [2.45, 2.75) is 20.8 Å². The van der Waals surface area contributed by atoms with Gasteiger partial charge in [0.2, 0.25) is 0 Å². The minimum Gasteiger partial charge on any atom is -0.454 e. The Labute approximate surface area is 145 Å². The number of urea groups is 1. The normalized spacial score (nSPS) is 14.1. The number of carbonyl (C=O) groups excluding carboxylic acids is 4. The maximum atomic E-state index is 12.0. The van der Waals surface area contributed by atoms with E-state index in [9.17, 15) is 19.2 Å². The summed E-state index contributed by atoms with van der Waals surface area (Å²) in [6.45, 7) is 4.66. The maximum absolute atomic E-state index is 12.0. The zero-order valence-electron chi connectivity index (χ0n) is 14.7. The van der Waals surface area contributed by atoms with E-state index < -0.39 is 37.0 Å². The van der Waals surface area contributed by atoms with Gasteiger partial charge in [-0.3, -0.25) is 19.3 Å². The third-order valence-corrected chi connectivity index (χ3v) is 3.82. The van der Waals surface area contributed by atoms with Gasteiger partial charge in [-0.1, -0.05) is 17.7 Å². The molecule has 0 saturated carbocycles. The van der Waals surface area contributed by atoms with E-state index in [1.54, 1.807) is 0 Å². The van der Waals surface area contributed by atoms with Crippen LogP contribution in [0.3, 0.4) is 0 Å². The van der Waals surface area contributed by atoms with Crippen LogP contribution >= 0.6 is 0 Å². The summed E-state index contributed by atoms with van der Waals surface area (Å²) in [7, 11) is 1.46. The fraction of sp³-hybridized carbons (Fsp3) is 0.412. The van der Waals surface area contributed by atoms with Crippen molar-refractivity contribution in [2.75, 3.05) is 32.1 Å². The number of ether oxygens (including phenoxy) is 1. The molecule has 0 aliphatic carbocycles. The lowest BCUT2D eigenvalue weighted by atomic mass is 10.1. The van der Waals surface area contributed by atoms with Crippen molar-refractivity contribution in [1.82, 2.24) is 9.80 Å². The molecule has 8 heteroatoms. The standard InChI is InChI=1S/C17H21N3O5/c1-10-5-11(2)16(12(3)6-10)18-13(21)9-25-15(23)8-20-14(22)7-19(4)17(20)24/h5-6H,7-9H2,1-4H3,(H,18,21). The molecule has 0 radical (unpaired) electrons. The Balaban J connectivity index is 1.87. The summed E-state index contributed by atoms with van der Waals surface area (Å²) in [6, 6.07) is 3.32. The Morgan fingerprint density at radius 2 is 1.76 bits per heavy atom. The van der Waals surface area contributed by atoms with Gasteiger partial charge >= 0.3 is 12.0 Å². The third kappa shape index (κ3) is 4.34. The highest BCUT2D eigenvalue weighted by atomic mass is 16.5. The van der Waals surface area contributed by atoms with Crippen molar-refractivity contribution >= 4 is 29.5 Å². The molecule has 0 spiro atoms. The van der Waals surface area contributed by atoms with Gasteiger partial charge in [-0.2, -0.15) is 0 Å². The summed E-state index contributed by atoms with van der Waals surface area (Å²) < 4.78 is 4.86. The van der Waals surface area contributed by atoms with E-state index in [1.807, 2.05) is 32.9 Å². The molecule has 1 aliphatic rings. The number of benzene rings is 1. The third-order valence-electron chi connectivity index (χ3n) is 3.82. The summed E-state index contributed by atoms with van der Waals surface area (Å²) in [5, 5.41) is 2.71. The Bertz CT molecular complexity index is 721. The van der Waals surface area contributed by atoms with Gasteiger partial charge in [-0.15, -0.1) is 0 Å². The number of hydrogen-bond donors (Lipinski definition) is 1. The van der Waals surface area contributed by atoms with Crippen molar-refractivity contribution in [3.8, 4) is 0 Å². The molecule has 4 amide bonds. The van der Waals surface area contributed by atoms with Gasteiger partial charge in [-0.25, -0.2) is 4.79 Å². The fourth-order valence-electron chi connectivity index (χ4n) is 2.70. The maximum Gasteiger partial charge on any atom is 0.327 e. The molecule has 8 nitrogen and oxygen atoms in total. The Kier molecular flexibility index (Phi) is 5.41. The highest BCUT2D eigenvalue weighted by Crippen LogP contribution is 2.21. The van der Waals surface area contributed by atoms with Crippen LogP contribution in [0.2, 0.25) is 0 Å². The zero-order chi connectivity index (χ0) is 18.7. The molecule has 134 valence electrons. The van der Waals surface area contributed by atoms with Crippen LogP contribution in [0.1, 0.15) is 16.7 Å². The summed E-state index contributed by atoms with van der Waals surface area (Å²) in [5.41, 5.74) is 3.59. The van der Waals surface area contributed by atoms with E-state index in [-0.39, 0.29) is 6.54 Å². The Morgan fingerprint density at radius 1 is 1.16 bits per heavy atom. The second-order valence-electron chi connectivity index (χ2n) is 6.10. The van der Waals surface area contributed by atoms with E-state index >= 15 is 0 Å². The van der Waals surface area contributed by atoms with Crippen LogP contribution in [-0.4, -0.2) is 60.4 Å². The average Bonchev–Trinajstić information content (AvgIpc) is 2.75. The number of nitrogens with zero attached hydrogens (tertiary/aromatic N) is 2. The van der Waals surface area contributed by atoms with Crippen LogP contribution < -0.4 is 5.32 Å². The first-order chi connectivity index (χ1) is 11.7. The minimum atomic E-state index is -0.815. The summed E-state index contributed by atoms with van der Waals surface area (Å²) in [5.74, 6) is -1.77. The molecular weight excluding hydrogens is 326 g/mol. The van der Waals surface area contributed by atoms with Crippen LogP contribution in [0.4, 0.5) is 10.5 Å². The van der Waals surface area contributed by atoms with Crippen LogP contribution in [-0.2, 0) is 19.1 Å². The number of esters is 1. The molecule has 1 aromatic rings. The minimum absolute atomic E-state index is 0.0709. The lowest BCUT2D eigenvalue weighted by molar-refractivity contribution is -0.149. The molecule has 0 bridgehead atoms. The van der Waals surface area contributed by atoms with E-state index in [0.717, 1.165) is 21.6 Å². The number of imide groups is 1. The molecule has 2 rings (SSSR count). The lowest BCUT2D eigenvalue weighted by Crippen LogP contribution is -2.37. The highest BCUT2D eigenvalue weighted by molar-refractivity contribution is 6.04. The van der Waals surface area contributed by atoms with Crippen molar-refractivity contribution in [1.29, 1.82) is 0 Å². The Hall–Kier alpha value is -2.90. The number of aryl methyl sites for hydroxylation is 3. The first-order valence-electron chi connectivity index (χ1n) is 7.78. The summed E-state index contributed by atoms with van der Waals surface area (Å²) >= 11 is 0. The van der Waals surface area contributed by atoms with Gasteiger partial charge in [-0.05, 0) is 31.9 Å². The zero-order valence-corrected chi connectivity index (χ0v) is 14.7. The number of anilines is 1. The fourth-order valence-corrected chi connectivity index (χ4v) is 2.70. The van der Waals surface area contributed by atoms with Gasteiger partial charge in [0.05, 0.1) is 0 Å². The lowest BCUT2D eigenvalue weighted by Gasteiger charge is -2.14. The molecular formula is C17H21N3O5. The number of nitrogens with one attached hydrogen (secondary N) is 1. The SMILES string of the molecule is Cc1cc(C)c(NC(=O)COC(=O)CN2C(=O)CN(C)C2=O)c(C)c1. The molecule has 0 atom stereocenters. The summed E-state index contributed by atoms with van der Waals surface area (Å²) in [6.07, 6.45) is 0. The molecule has 0 unspecified atom stereocenters. The number of likely N-dealkylation sites (N-methyl/N-ethyl adjacent to an activating group) is 1. The second-order valence-corrected chi connectivity index (χ2v) is 6.10. The van der Waals surface area contributed by atoms with Gasteiger partial charge in [0, 0.05) is 12.7 Å². The molecule has 1 aromatic carbocycles. The first kappa shape index (κ1) is 18.4. The predicted octanol–water partition coefficient (Wildman–Crippen LogP) is 0.988. The number of hydrogen-bond acceptors (Lipinski definition) is 5. The van der Waals surface area contributed by atoms with E-state index in [2.05, 4.69) is 5.32 Å². The van der Waals surface area contributed by atoms with Crippen molar-refractivity contribution < 1.29 is 23.9 Å². The van der Waals surface area contributed by atoms with Gasteiger partial charge < -0.3 is 15.0 Å². The number of carbonyl (C=O) groups is 4. The topological polar surface area (TPSA) is 96.0 Å². The van der Waals surface area contributed by atoms with E-state index in [0.29, 0.717) is 5.69 Å². The molecule has 1 heterocycles. The van der Waals surface area contributed by atoms with Gasteiger partial charge in [0.25, 0.3) is 11.8 Å². The molecule has 25 heavy (non-hydrogen) atoms. The molecule has 1 saturated heterocycles. The smallest absolute Gasteiger partial charge is 0.327 e. The predicted molar refractivity (Wildman–Crippen MR) is 90.0 cm³/mol. The molecule has 0 aromatic heterocycles. The molecule has 1 N–H and O–H groups in total. The molecule has 1 aliphatic heterocycles. The van der Waals surface area contributed by atoms with Crippen molar-refractivity contribution in [3.05, 3.63) is 28.8 Å². The average molecular weight is 347 g/mol. The number of amides is 4.